The van der Waals surface area contributed by atoms with Crippen LogP contribution in [0.15, 0.2) is 5.10 Å². The monoisotopic (exact) mass is 388 g/mol. The van der Waals surface area contributed by atoms with Gasteiger partial charge in [-0.3, -0.25) is 4.79 Å². The number of Topliss-reactive ketones (excluding diaryl/α,β-unsaturated/α-hetero) is 1. The molecule has 0 bridgehead atoms. The van der Waals surface area contributed by atoms with Crippen molar-refractivity contribution in [2.75, 3.05) is 6.54 Å². The molecule has 8 atom stereocenters. The van der Waals surface area contributed by atoms with E-state index in [0.29, 0.717) is 0 Å². The highest BCUT2D eigenvalue weighted by atomic mass is 16.1. The number of hydrogen-bond donors (Lipinski definition) is 2. The van der Waals surface area contributed by atoms with Gasteiger partial charge < -0.3 is 5.73 Å². The summed E-state index contributed by atoms with van der Waals surface area (Å²) in [5, 5.41) is 5.03. The van der Waals surface area contributed by atoms with Gasteiger partial charge in [0, 0.05) is 5.92 Å². The summed E-state index contributed by atoms with van der Waals surface area (Å²) in [6.07, 6.45) is 14.6. The highest BCUT2D eigenvalue weighted by Gasteiger charge is 2.58. The van der Waals surface area contributed by atoms with E-state index in [4.69, 9.17) is 11.6 Å². The lowest BCUT2D eigenvalue weighted by molar-refractivity contribution is -0.131. The minimum atomic E-state index is 0.144. The van der Waals surface area contributed by atoms with Crippen LogP contribution in [0.5, 0.6) is 0 Å². The Morgan fingerprint density at radius 3 is 2.64 bits per heavy atom. The Kier molecular flexibility index (Phi) is 5.74. The zero-order valence-corrected chi connectivity index (χ0v) is 17.9. The number of rotatable bonds is 5. The number of carbonyl (C=O) groups excluding carboxylic acids is 1. The average Bonchev–Trinajstić information content (AvgIpc) is 3.04. The van der Waals surface area contributed by atoms with Crippen molar-refractivity contribution in [3.8, 4) is 0 Å². The summed E-state index contributed by atoms with van der Waals surface area (Å²) in [6, 6.07) is 0. The Balaban J connectivity index is 1.46. The topological polar surface area (TPSA) is 84.7 Å². The molecule has 0 aromatic carbocycles. The smallest absolute Gasteiger partial charge is 0.159 e. The van der Waals surface area contributed by atoms with Crippen LogP contribution in [-0.2, 0) is 4.79 Å². The second kappa shape index (κ2) is 7.97. The molecule has 4 fully saturated rings. The van der Waals surface area contributed by atoms with E-state index in [1.54, 1.807) is 0 Å². The first kappa shape index (κ1) is 20.2. The molecular formula is C23H40N4O. The molecule has 0 amide bonds. The quantitative estimate of drug-likeness (QED) is 0.323. The van der Waals surface area contributed by atoms with Crippen LogP contribution in [0.1, 0.15) is 78.1 Å². The lowest BCUT2D eigenvalue weighted by Gasteiger charge is -2.56. The van der Waals surface area contributed by atoms with Gasteiger partial charge in [0.2, 0.25) is 0 Å². The molecule has 0 spiro atoms. The van der Waals surface area contributed by atoms with E-state index in [1.165, 1.54) is 62.9 Å². The summed E-state index contributed by atoms with van der Waals surface area (Å²) in [6.45, 7) is 4.97. The third-order valence-electron chi connectivity index (χ3n) is 9.56. The van der Waals surface area contributed by atoms with Gasteiger partial charge in [-0.15, -0.1) is 0 Å². The number of hydrazone groups is 1. The number of hydrazine groups is 1. The van der Waals surface area contributed by atoms with Crippen LogP contribution in [0, 0.1) is 46.8 Å². The van der Waals surface area contributed by atoms with Crippen LogP contribution < -0.4 is 11.6 Å². The predicted molar refractivity (Wildman–Crippen MR) is 113 cm³/mol. The van der Waals surface area contributed by atoms with E-state index in [1.807, 2.05) is 0 Å². The van der Waals surface area contributed by atoms with Crippen molar-refractivity contribution >= 4 is 12.1 Å². The normalized spacial score (nSPS) is 45.3. The second-order valence-electron chi connectivity index (χ2n) is 10.5. The molecule has 28 heavy (non-hydrogen) atoms. The zero-order valence-electron chi connectivity index (χ0n) is 17.9. The lowest BCUT2D eigenvalue weighted by Crippen LogP contribution is -2.50. The highest BCUT2D eigenvalue weighted by Crippen LogP contribution is 2.64. The van der Waals surface area contributed by atoms with Crippen molar-refractivity contribution in [1.29, 1.82) is 0 Å². The van der Waals surface area contributed by atoms with Gasteiger partial charge in [0.25, 0.3) is 0 Å². The number of ketones is 1. The van der Waals surface area contributed by atoms with E-state index in [2.05, 4.69) is 18.9 Å². The standard InChI is InChI=1S/C23H40N4O/c1-3-15-4-6-17-16(12-15)5-7-19-18(17)10-11-23(2)20(19)8-9-21(23)22(28)13-27(25)26-14-24/h14-21H,3-13,25H2,1-2H3,(H2,24,26). The second-order valence-corrected chi connectivity index (χ2v) is 10.5. The minimum Gasteiger partial charge on any atom is -0.388 e. The SMILES string of the molecule is CCC1CCC2C(CCC3C2CCC2(C)C(C(=O)CN(N)/N=C\N)CCC32)C1. The van der Waals surface area contributed by atoms with Gasteiger partial charge in [-0.25, -0.2) is 11.0 Å². The van der Waals surface area contributed by atoms with Gasteiger partial charge in [0.05, 0.1) is 0 Å². The van der Waals surface area contributed by atoms with Gasteiger partial charge in [-0.05, 0) is 92.3 Å². The maximum Gasteiger partial charge on any atom is 0.159 e. The fourth-order valence-electron chi connectivity index (χ4n) is 8.25. The van der Waals surface area contributed by atoms with E-state index >= 15 is 0 Å². The van der Waals surface area contributed by atoms with Crippen LogP contribution in [-0.4, -0.2) is 23.8 Å². The number of nitrogens with zero attached hydrogens (tertiary/aromatic N) is 2. The first-order chi connectivity index (χ1) is 13.5. The zero-order chi connectivity index (χ0) is 19.9. The summed E-state index contributed by atoms with van der Waals surface area (Å²) < 4.78 is 0. The summed E-state index contributed by atoms with van der Waals surface area (Å²) in [5.41, 5.74) is 5.48. The molecule has 4 aliphatic carbocycles. The van der Waals surface area contributed by atoms with Crippen LogP contribution in [0.3, 0.4) is 0 Å². The Hall–Kier alpha value is -1.10. The predicted octanol–water partition coefficient (Wildman–Crippen LogP) is 3.93. The molecule has 4 aliphatic rings. The number of hydrogen-bond acceptors (Lipinski definition) is 4. The van der Waals surface area contributed by atoms with Crippen LogP contribution in [0.4, 0.5) is 0 Å². The van der Waals surface area contributed by atoms with Gasteiger partial charge in [-0.2, -0.15) is 5.10 Å². The van der Waals surface area contributed by atoms with E-state index in [-0.39, 0.29) is 23.7 Å². The average molecular weight is 389 g/mol. The minimum absolute atomic E-state index is 0.144. The lowest BCUT2D eigenvalue weighted by atomic mass is 9.49. The first-order valence-corrected chi connectivity index (χ1v) is 11.8. The summed E-state index contributed by atoms with van der Waals surface area (Å²) >= 11 is 0. The fourth-order valence-corrected chi connectivity index (χ4v) is 8.25. The molecule has 0 aliphatic heterocycles. The van der Waals surface area contributed by atoms with Crippen molar-refractivity contribution in [2.45, 2.75) is 78.1 Å². The molecule has 8 unspecified atom stereocenters. The van der Waals surface area contributed by atoms with Gasteiger partial charge >= 0.3 is 0 Å². The summed E-state index contributed by atoms with van der Waals surface area (Å²) in [7, 11) is 0. The molecule has 0 aromatic rings. The Morgan fingerprint density at radius 2 is 1.89 bits per heavy atom. The molecule has 4 rings (SSSR count). The molecule has 0 saturated heterocycles. The van der Waals surface area contributed by atoms with Crippen molar-refractivity contribution in [3.05, 3.63) is 0 Å². The maximum atomic E-state index is 13.0. The van der Waals surface area contributed by atoms with E-state index < -0.39 is 0 Å². The third-order valence-corrected chi connectivity index (χ3v) is 9.56. The first-order valence-electron chi connectivity index (χ1n) is 11.8. The largest absolute Gasteiger partial charge is 0.388 e. The molecule has 4 saturated carbocycles. The number of fused-ring (bicyclic) bond motifs is 5. The van der Waals surface area contributed by atoms with Crippen LogP contribution in [0.2, 0.25) is 0 Å². The molecule has 5 heteroatoms. The molecule has 4 N–H and O–H groups in total. The maximum absolute atomic E-state index is 13.0. The van der Waals surface area contributed by atoms with E-state index in [0.717, 1.165) is 48.3 Å². The fraction of sp³-hybridized carbons (Fsp3) is 0.913. The van der Waals surface area contributed by atoms with E-state index in [9.17, 15) is 4.79 Å². The molecule has 0 aromatic heterocycles. The molecule has 5 nitrogen and oxygen atoms in total. The Labute approximate surface area is 170 Å². The third kappa shape index (κ3) is 3.38. The molecular weight excluding hydrogens is 348 g/mol. The van der Waals surface area contributed by atoms with Gasteiger partial charge in [0.15, 0.2) is 5.78 Å². The number of carbonyl (C=O) groups is 1. The summed E-state index contributed by atoms with van der Waals surface area (Å²) in [5.74, 6) is 11.7. The van der Waals surface area contributed by atoms with Gasteiger partial charge in [0.1, 0.15) is 12.9 Å². The van der Waals surface area contributed by atoms with Crippen molar-refractivity contribution < 1.29 is 4.79 Å². The van der Waals surface area contributed by atoms with Crippen molar-refractivity contribution in [2.24, 2.45) is 63.5 Å². The Morgan fingerprint density at radius 1 is 1.11 bits per heavy atom. The Bertz CT molecular complexity index is 607. The van der Waals surface area contributed by atoms with Crippen LogP contribution in [0.25, 0.3) is 0 Å². The molecule has 158 valence electrons. The van der Waals surface area contributed by atoms with Gasteiger partial charge in [-0.1, -0.05) is 26.7 Å². The van der Waals surface area contributed by atoms with Crippen molar-refractivity contribution in [1.82, 2.24) is 5.12 Å². The van der Waals surface area contributed by atoms with Crippen LogP contribution >= 0.6 is 0 Å². The van der Waals surface area contributed by atoms with Crippen molar-refractivity contribution in [3.63, 3.8) is 0 Å². The molecule has 0 radical (unpaired) electrons. The number of nitrogens with two attached hydrogens (primary N) is 2. The highest BCUT2D eigenvalue weighted by molar-refractivity contribution is 5.84. The molecule has 0 heterocycles. The summed E-state index contributed by atoms with van der Waals surface area (Å²) in [4.78, 5) is 13.0.